The lowest BCUT2D eigenvalue weighted by atomic mass is 9.80. The van der Waals surface area contributed by atoms with E-state index in [1.165, 1.54) is 18.1 Å². The van der Waals surface area contributed by atoms with Crippen molar-refractivity contribution in [3.05, 3.63) is 76.7 Å². The van der Waals surface area contributed by atoms with Gasteiger partial charge < -0.3 is 9.47 Å². The minimum Gasteiger partial charge on any atom is -0.478 e. The highest BCUT2D eigenvalue weighted by Gasteiger charge is 2.40. The molecule has 1 fully saturated rings. The van der Waals surface area contributed by atoms with Crippen LogP contribution < -0.4 is 4.74 Å². The second-order valence-electron chi connectivity index (χ2n) is 10.1. The monoisotopic (exact) mass is 539 g/mol. The molecule has 0 aliphatic carbocycles. The van der Waals surface area contributed by atoms with Crippen LogP contribution in [0.25, 0.3) is 11.1 Å². The fourth-order valence-corrected chi connectivity index (χ4v) is 4.23. The molecule has 3 heterocycles. The van der Waals surface area contributed by atoms with Gasteiger partial charge in [-0.15, -0.1) is 6.42 Å². The average Bonchev–Trinajstić information content (AvgIpc) is 3.46. The predicted molar refractivity (Wildman–Crippen MR) is 160 cm³/mol. The van der Waals surface area contributed by atoms with Gasteiger partial charge in [0.25, 0.3) is 0 Å². The van der Waals surface area contributed by atoms with Gasteiger partial charge in [-0.2, -0.15) is 5.26 Å². The second kappa shape index (κ2) is 14.4. The molecule has 2 aromatic heterocycles. The largest absolute Gasteiger partial charge is 0.478 e. The number of aryl methyl sites for hydroxylation is 2. The molecule has 1 saturated heterocycles. The number of aromatic nitrogens is 2. The Morgan fingerprint density at radius 3 is 2.48 bits per heavy atom. The number of ether oxygens (including phenoxy) is 2. The number of rotatable bonds is 6. The van der Waals surface area contributed by atoms with Crippen LogP contribution in [0.2, 0.25) is 0 Å². The average molecular weight is 540 g/mol. The Kier molecular flexibility index (Phi) is 11.6. The zero-order valence-electron chi connectivity index (χ0n) is 25.1. The van der Waals surface area contributed by atoms with E-state index in [1.54, 1.807) is 18.3 Å². The fraction of sp³-hybridized carbons (Fsp3) is 0.412. The third-order valence-corrected chi connectivity index (χ3v) is 6.76. The van der Waals surface area contributed by atoms with E-state index in [1.807, 2.05) is 40.8 Å². The molecule has 3 aromatic rings. The zero-order valence-corrected chi connectivity index (χ0v) is 25.1. The molecule has 6 nitrogen and oxygen atoms in total. The normalized spacial score (nSPS) is 15.8. The second-order valence-corrected chi connectivity index (χ2v) is 10.1. The van der Waals surface area contributed by atoms with E-state index in [0.717, 1.165) is 22.4 Å². The fourth-order valence-electron chi connectivity index (χ4n) is 4.23. The number of terminal acetylenes is 1. The number of benzene rings is 1. The first kappa shape index (κ1) is 32.2. The number of hydrogen-bond acceptors (Lipinski definition) is 6. The number of Topliss-reactive ketones (excluding diaryl/α,β-unsaturated/α-hetero) is 1. The third-order valence-electron chi connectivity index (χ3n) is 6.76. The number of nitrogens with zero attached hydrogens (tertiary/aromatic N) is 3. The maximum absolute atomic E-state index is 11.1. The summed E-state index contributed by atoms with van der Waals surface area (Å²) in [5, 5.41) is 9.81. The summed E-state index contributed by atoms with van der Waals surface area (Å²) in [4.78, 5) is 19.8. The molecule has 0 amide bonds. The minimum atomic E-state index is -0.675. The molecule has 0 radical (unpaired) electrons. The summed E-state index contributed by atoms with van der Waals surface area (Å²) in [5.41, 5.74) is 5.68. The summed E-state index contributed by atoms with van der Waals surface area (Å²) in [6.07, 6.45) is 9.50. The molecule has 1 aliphatic heterocycles. The molecule has 0 bridgehead atoms. The predicted octanol–water partition coefficient (Wildman–Crippen LogP) is 7.17. The molecule has 1 unspecified atom stereocenters. The summed E-state index contributed by atoms with van der Waals surface area (Å²) in [7, 11) is 0. The topological polar surface area (TPSA) is 85.1 Å². The Hall–Kier alpha value is -4.00. The van der Waals surface area contributed by atoms with Crippen molar-refractivity contribution >= 4 is 5.78 Å². The lowest BCUT2D eigenvalue weighted by molar-refractivity contribution is 0.101. The summed E-state index contributed by atoms with van der Waals surface area (Å²) in [5.74, 6) is 3.22. The lowest BCUT2D eigenvalue weighted by Gasteiger charge is -2.22. The first-order chi connectivity index (χ1) is 19.1. The number of pyridine rings is 2. The van der Waals surface area contributed by atoms with Crippen molar-refractivity contribution in [1.29, 1.82) is 5.26 Å². The highest BCUT2D eigenvalue weighted by Crippen LogP contribution is 2.39. The van der Waals surface area contributed by atoms with Crippen molar-refractivity contribution in [3.8, 4) is 35.4 Å². The van der Waals surface area contributed by atoms with Gasteiger partial charge in [-0.1, -0.05) is 43.5 Å². The number of carbonyl (C=O) groups excluding carboxylic acids is 1. The van der Waals surface area contributed by atoms with Crippen LogP contribution >= 0.6 is 0 Å². The molecule has 1 atom stereocenters. The van der Waals surface area contributed by atoms with Gasteiger partial charge in [-0.3, -0.25) is 9.78 Å². The number of nitriles is 1. The molecule has 0 N–H and O–H groups in total. The van der Waals surface area contributed by atoms with Crippen LogP contribution in [-0.4, -0.2) is 35.6 Å². The van der Waals surface area contributed by atoms with Crippen LogP contribution in [0.3, 0.4) is 0 Å². The maximum Gasteiger partial charge on any atom is 0.218 e. The van der Waals surface area contributed by atoms with E-state index in [4.69, 9.17) is 15.9 Å². The smallest absolute Gasteiger partial charge is 0.218 e. The molecule has 6 heteroatoms. The van der Waals surface area contributed by atoms with Gasteiger partial charge >= 0.3 is 0 Å². The molecule has 1 aliphatic rings. The van der Waals surface area contributed by atoms with Crippen LogP contribution in [-0.2, 0) is 15.6 Å². The molecular weight excluding hydrogens is 498 g/mol. The Morgan fingerprint density at radius 1 is 1.18 bits per heavy atom. The van der Waals surface area contributed by atoms with Crippen molar-refractivity contribution in [2.45, 2.75) is 72.6 Å². The van der Waals surface area contributed by atoms with Gasteiger partial charge in [0.05, 0.1) is 30.4 Å². The molecule has 0 saturated carbocycles. The van der Waals surface area contributed by atoms with E-state index in [-0.39, 0.29) is 5.78 Å². The summed E-state index contributed by atoms with van der Waals surface area (Å²) >= 11 is 0. The van der Waals surface area contributed by atoms with E-state index >= 15 is 0 Å². The Bertz CT molecular complexity index is 1390. The van der Waals surface area contributed by atoms with Crippen molar-refractivity contribution < 1.29 is 14.3 Å². The highest BCUT2D eigenvalue weighted by atomic mass is 16.5. The Labute approximate surface area is 239 Å². The summed E-state index contributed by atoms with van der Waals surface area (Å²) < 4.78 is 11.2. The van der Waals surface area contributed by atoms with Crippen molar-refractivity contribution in [2.75, 3.05) is 19.8 Å². The Balaban J connectivity index is 0.000000299. The lowest BCUT2D eigenvalue weighted by Crippen LogP contribution is -2.25. The molecule has 4 rings (SSSR count). The van der Waals surface area contributed by atoms with Crippen molar-refractivity contribution in [3.63, 3.8) is 0 Å². The minimum absolute atomic E-state index is 0.0291. The van der Waals surface area contributed by atoms with Crippen LogP contribution in [0, 0.1) is 37.5 Å². The van der Waals surface area contributed by atoms with Gasteiger partial charge in [-0.05, 0) is 77.3 Å². The zero-order chi connectivity index (χ0) is 29.9. The maximum atomic E-state index is 11.1. The van der Waals surface area contributed by atoms with E-state index in [0.29, 0.717) is 37.7 Å². The van der Waals surface area contributed by atoms with Gasteiger partial charge in [-0.25, -0.2) is 4.98 Å². The third kappa shape index (κ3) is 7.56. The van der Waals surface area contributed by atoms with Crippen molar-refractivity contribution in [2.24, 2.45) is 0 Å². The van der Waals surface area contributed by atoms with Gasteiger partial charge in [0, 0.05) is 35.7 Å². The Morgan fingerprint density at radius 2 is 1.90 bits per heavy atom. The SMILES string of the molecule is C#CC(C)(C)c1cc(C(C)=O)ccn1.CC.CCOc1ncc(-c2cc(C)ccc2C)cc1C1(C#N)CCOC1. The molecule has 40 heavy (non-hydrogen) atoms. The van der Waals surface area contributed by atoms with Gasteiger partial charge in [0.2, 0.25) is 5.88 Å². The number of ketones is 1. The first-order valence-electron chi connectivity index (χ1n) is 13.7. The van der Waals surface area contributed by atoms with Crippen LogP contribution in [0.15, 0.2) is 48.8 Å². The molecule has 0 spiro atoms. The van der Waals surface area contributed by atoms with Crippen LogP contribution in [0.1, 0.15) is 80.7 Å². The van der Waals surface area contributed by atoms with E-state index in [2.05, 4.69) is 60.1 Å². The van der Waals surface area contributed by atoms with Crippen molar-refractivity contribution in [1.82, 2.24) is 9.97 Å². The van der Waals surface area contributed by atoms with Crippen LogP contribution in [0.5, 0.6) is 5.88 Å². The highest BCUT2D eigenvalue weighted by molar-refractivity contribution is 5.94. The standard InChI is InChI=1S/C20H22N2O2.C12H13NO.C2H6/c1-4-24-19-18(20(12-21)7-8-23-13-20)10-16(11-22-19)17-9-14(2)5-6-15(17)3;1-5-12(3,4)11-8-10(9(2)14)6-7-13-11;1-2/h5-6,9-11H,4,7-8,13H2,1-3H3;1,6-8H,2-4H3;1-2H3. The molecule has 1 aromatic carbocycles. The molecular formula is C34H41N3O3. The quantitative estimate of drug-likeness (QED) is 0.244. The van der Waals surface area contributed by atoms with Crippen LogP contribution in [0.4, 0.5) is 0 Å². The first-order valence-corrected chi connectivity index (χ1v) is 13.7. The van der Waals surface area contributed by atoms with E-state index in [9.17, 15) is 10.1 Å². The number of carbonyl (C=O) groups is 1. The summed E-state index contributed by atoms with van der Waals surface area (Å²) in [6, 6.07) is 14.3. The van der Waals surface area contributed by atoms with Gasteiger partial charge in [0.15, 0.2) is 5.78 Å². The number of hydrogen-bond donors (Lipinski definition) is 0. The molecule has 210 valence electrons. The van der Waals surface area contributed by atoms with E-state index < -0.39 is 10.8 Å². The summed E-state index contributed by atoms with van der Waals surface area (Å²) in [6.45, 7) is 16.9. The van der Waals surface area contributed by atoms with Gasteiger partial charge in [0.1, 0.15) is 5.41 Å².